The SMILES string of the molecule is Cc1ccc(S(=O)(=O)NCCN2C(=O)CNC2=O)c(C)c1. The lowest BCUT2D eigenvalue weighted by atomic mass is 10.2. The quantitative estimate of drug-likeness (QED) is 0.756. The Hall–Kier alpha value is -1.93. The highest BCUT2D eigenvalue weighted by Gasteiger charge is 2.28. The maximum Gasteiger partial charge on any atom is 0.324 e. The third-order valence-corrected chi connectivity index (χ3v) is 4.81. The van der Waals surface area contributed by atoms with Crippen LogP contribution in [0.25, 0.3) is 0 Å². The van der Waals surface area contributed by atoms with Crippen LogP contribution < -0.4 is 10.0 Å². The predicted molar refractivity (Wildman–Crippen MR) is 76.2 cm³/mol. The van der Waals surface area contributed by atoms with E-state index in [1.165, 1.54) is 0 Å². The number of amides is 3. The lowest BCUT2D eigenvalue weighted by Gasteiger charge is -2.14. The number of carbonyl (C=O) groups excluding carboxylic acids is 2. The molecule has 1 heterocycles. The molecule has 0 radical (unpaired) electrons. The number of rotatable bonds is 5. The third-order valence-electron chi connectivity index (χ3n) is 3.18. The van der Waals surface area contributed by atoms with Crippen LogP contribution in [-0.4, -0.2) is 44.9 Å². The summed E-state index contributed by atoms with van der Waals surface area (Å²) in [6, 6.07) is 4.55. The van der Waals surface area contributed by atoms with E-state index in [0.29, 0.717) is 5.56 Å². The van der Waals surface area contributed by atoms with Gasteiger partial charge in [-0.2, -0.15) is 0 Å². The molecule has 0 unspecified atom stereocenters. The number of hydrogen-bond donors (Lipinski definition) is 2. The van der Waals surface area contributed by atoms with E-state index in [1.54, 1.807) is 25.1 Å². The number of benzene rings is 1. The van der Waals surface area contributed by atoms with E-state index in [1.807, 2.05) is 6.92 Å². The van der Waals surface area contributed by atoms with Gasteiger partial charge in [0.15, 0.2) is 0 Å². The van der Waals surface area contributed by atoms with E-state index >= 15 is 0 Å². The highest BCUT2D eigenvalue weighted by Crippen LogP contribution is 2.16. The van der Waals surface area contributed by atoms with E-state index < -0.39 is 16.1 Å². The molecule has 1 aliphatic heterocycles. The van der Waals surface area contributed by atoms with Gasteiger partial charge in [-0.15, -0.1) is 0 Å². The summed E-state index contributed by atoms with van der Waals surface area (Å²) < 4.78 is 26.8. The van der Waals surface area contributed by atoms with Crippen LogP contribution in [0, 0.1) is 13.8 Å². The zero-order chi connectivity index (χ0) is 15.6. The first-order valence-electron chi connectivity index (χ1n) is 6.46. The molecule has 2 rings (SSSR count). The molecule has 0 bridgehead atoms. The van der Waals surface area contributed by atoms with E-state index in [9.17, 15) is 18.0 Å². The van der Waals surface area contributed by atoms with Crippen LogP contribution in [0.1, 0.15) is 11.1 Å². The number of imide groups is 1. The number of hydrogen-bond acceptors (Lipinski definition) is 4. The molecule has 0 saturated carbocycles. The fourth-order valence-electron chi connectivity index (χ4n) is 2.15. The van der Waals surface area contributed by atoms with Gasteiger partial charge in [0.1, 0.15) is 0 Å². The second kappa shape index (κ2) is 5.82. The van der Waals surface area contributed by atoms with Crippen LogP contribution >= 0.6 is 0 Å². The van der Waals surface area contributed by atoms with Gasteiger partial charge >= 0.3 is 6.03 Å². The fourth-order valence-corrected chi connectivity index (χ4v) is 3.40. The van der Waals surface area contributed by atoms with Gasteiger partial charge in [0.2, 0.25) is 15.9 Å². The minimum absolute atomic E-state index is 0.00874. The summed E-state index contributed by atoms with van der Waals surface area (Å²) in [7, 11) is -3.65. The van der Waals surface area contributed by atoms with E-state index in [-0.39, 0.29) is 30.4 Å². The lowest BCUT2D eigenvalue weighted by Crippen LogP contribution is -2.38. The lowest BCUT2D eigenvalue weighted by molar-refractivity contribution is -0.124. The normalized spacial score (nSPS) is 15.4. The largest absolute Gasteiger partial charge is 0.329 e. The van der Waals surface area contributed by atoms with Crippen LogP contribution in [0.15, 0.2) is 23.1 Å². The standard InChI is InChI=1S/C13H17N3O4S/c1-9-3-4-11(10(2)7-9)21(19,20)15-5-6-16-12(17)8-14-13(16)18/h3-4,7,15H,5-6,8H2,1-2H3,(H,14,18). The molecule has 114 valence electrons. The van der Waals surface area contributed by atoms with Crippen molar-refractivity contribution in [3.8, 4) is 0 Å². The Balaban J connectivity index is 2.02. The van der Waals surface area contributed by atoms with Crippen molar-refractivity contribution in [3.05, 3.63) is 29.3 Å². The second-order valence-corrected chi connectivity index (χ2v) is 6.61. The monoisotopic (exact) mass is 311 g/mol. The van der Waals surface area contributed by atoms with E-state index in [0.717, 1.165) is 10.5 Å². The average molecular weight is 311 g/mol. The van der Waals surface area contributed by atoms with Crippen molar-refractivity contribution >= 4 is 22.0 Å². The molecule has 0 aliphatic carbocycles. The van der Waals surface area contributed by atoms with Gasteiger partial charge in [0, 0.05) is 13.1 Å². The molecule has 3 amide bonds. The summed E-state index contributed by atoms with van der Waals surface area (Å²) in [5, 5.41) is 2.37. The molecular formula is C13H17N3O4S. The Morgan fingerprint density at radius 2 is 2.00 bits per heavy atom. The molecule has 0 atom stereocenters. The van der Waals surface area contributed by atoms with Crippen molar-refractivity contribution in [2.24, 2.45) is 0 Å². The Bertz CT molecular complexity index is 669. The zero-order valence-electron chi connectivity index (χ0n) is 11.8. The van der Waals surface area contributed by atoms with Crippen LogP contribution in [0.4, 0.5) is 4.79 Å². The number of urea groups is 1. The van der Waals surface area contributed by atoms with Gasteiger partial charge in [-0.1, -0.05) is 17.7 Å². The van der Waals surface area contributed by atoms with Crippen molar-refractivity contribution in [2.45, 2.75) is 18.7 Å². The van der Waals surface area contributed by atoms with Gasteiger partial charge in [0.05, 0.1) is 11.4 Å². The summed E-state index contributed by atoms with van der Waals surface area (Å²) in [5.74, 6) is -0.356. The molecule has 1 aromatic rings. The summed E-state index contributed by atoms with van der Waals surface area (Å²) in [4.78, 5) is 23.9. The Morgan fingerprint density at radius 3 is 2.57 bits per heavy atom. The molecule has 1 aromatic carbocycles. The Kier molecular flexibility index (Phi) is 4.29. The van der Waals surface area contributed by atoms with Crippen molar-refractivity contribution < 1.29 is 18.0 Å². The molecule has 0 aromatic heterocycles. The minimum Gasteiger partial charge on any atom is -0.329 e. The average Bonchev–Trinajstić information content (AvgIpc) is 2.69. The summed E-state index contributed by atoms with van der Waals surface area (Å²) in [6.45, 7) is 3.56. The van der Waals surface area contributed by atoms with Crippen LogP contribution in [-0.2, 0) is 14.8 Å². The minimum atomic E-state index is -3.65. The van der Waals surface area contributed by atoms with Gasteiger partial charge in [0.25, 0.3) is 0 Å². The number of sulfonamides is 1. The predicted octanol–water partition coefficient (Wildman–Crippen LogP) is 0.134. The van der Waals surface area contributed by atoms with Crippen molar-refractivity contribution in [2.75, 3.05) is 19.6 Å². The molecule has 2 N–H and O–H groups in total. The number of nitrogens with one attached hydrogen (secondary N) is 2. The first-order valence-corrected chi connectivity index (χ1v) is 7.95. The Labute approximate surface area is 123 Å². The molecule has 1 aliphatic rings. The molecule has 0 spiro atoms. The van der Waals surface area contributed by atoms with Crippen LogP contribution in [0.5, 0.6) is 0 Å². The van der Waals surface area contributed by atoms with Crippen molar-refractivity contribution in [1.82, 2.24) is 14.9 Å². The molecule has 1 saturated heterocycles. The zero-order valence-corrected chi connectivity index (χ0v) is 12.7. The fraction of sp³-hybridized carbons (Fsp3) is 0.385. The molecule has 1 fully saturated rings. The molecule has 8 heteroatoms. The smallest absolute Gasteiger partial charge is 0.324 e. The first-order chi connectivity index (χ1) is 9.81. The van der Waals surface area contributed by atoms with E-state index in [2.05, 4.69) is 10.0 Å². The van der Waals surface area contributed by atoms with Gasteiger partial charge < -0.3 is 5.32 Å². The summed E-state index contributed by atoms with van der Waals surface area (Å²) in [6.07, 6.45) is 0. The van der Waals surface area contributed by atoms with Gasteiger partial charge in [-0.05, 0) is 25.5 Å². The third kappa shape index (κ3) is 3.40. The number of aryl methyl sites for hydroxylation is 2. The highest BCUT2D eigenvalue weighted by atomic mass is 32.2. The number of carbonyl (C=O) groups is 2. The maximum absolute atomic E-state index is 12.2. The molecular weight excluding hydrogens is 294 g/mol. The van der Waals surface area contributed by atoms with Crippen molar-refractivity contribution in [3.63, 3.8) is 0 Å². The van der Waals surface area contributed by atoms with Crippen LogP contribution in [0.3, 0.4) is 0 Å². The molecule has 7 nitrogen and oxygen atoms in total. The van der Waals surface area contributed by atoms with Gasteiger partial charge in [-0.3, -0.25) is 9.69 Å². The second-order valence-electron chi connectivity index (χ2n) is 4.87. The van der Waals surface area contributed by atoms with Gasteiger partial charge in [-0.25, -0.2) is 17.9 Å². The van der Waals surface area contributed by atoms with Crippen LogP contribution in [0.2, 0.25) is 0 Å². The maximum atomic E-state index is 12.2. The first kappa shape index (κ1) is 15.5. The van der Waals surface area contributed by atoms with Crippen molar-refractivity contribution in [1.29, 1.82) is 0 Å². The summed E-state index contributed by atoms with van der Waals surface area (Å²) >= 11 is 0. The Morgan fingerprint density at radius 1 is 1.29 bits per heavy atom. The summed E-state index contributed by atoms with van der Waals surface area (Å²) in [5.41, 5.74) is 1.63. The number of nitrogens with zero attached hydrogens (tertiary/aromatic N) is 1. The van der Waals surface area contributed by atoms with E-state index in [4.69, 9.17) is 0 Å². The topological polar surface area (TPSA) is 95.6 Å². The molecule has 21 heavy (non-hydrogen) atoms. The highest BCUT2D eigenvalue weighted by molar-refractivity contribution is 7.89.